The molecular formula is C7H10N2O. The van der Waals surface area contributed by atoms with Crippen LogP contribution in [0.25, 0.3) is 0 Å². The zero-order valence-electron chi connectivity index (χ0n) is 5.85. The fraction of sp³-hybridized carbons (Fsp3) is 0.286. The van der Waals surface area contributed by atoms with E-state index in [4.69, 9.17) is 15.6 Å². The summed E-state index contributed by atoms with van der Waals surface area (Å²) in [5.41, 5.74) is 6.22. The second-order valence-electron chi connectivity index (χ2n) is 2.04. The first-order valence-electron chi connectivity index (χ1n) is 3.16. The summed E-state index contributed by atoms with van der Waals surface area (Å²) >= 11 is 0. The summed E-state index contributed by atoms with van der Waals surface area (Å²) in [4.78, 5) is 0. The summed E-state index contributed by atoms with van der Waals surface area (Å²) < 4.78 is 4.97. The molecule has 3 nitrogen and oxygen atoms in total. The molecule has 10 heavy (non-hydrogen) atoms. The van der Waals surface area contributed by atoms with Crippen molar-refractivity contribution >= 4 is 5.84 Å². The molecule has 1 aromatic rings. The zero-order chi connectivity index (χ0) is 7.56. The molecule has 0 aliphatic rings. The third-order valence-corrected chi connectivity index (χ3v) is 1.37. The molecule has 0 amide bonds. The summed E-state index contributed by atoms with van der Waals surface area (Å²) in [5, 5.41) is 7.08. The number of furan rings is 1. The second kappa shape index (κ2) is 2.56. The van der Waals surface area contributed by atoms with Crippen molar-refractivity contribution < 1.29 is 4.42 Å². The molecule has 0 radical (unpaired) electrons. The average Bonchev–Trinajstić information content (AvgIpc) is 2.33. The quantitative estimate of drug-likeness (QED) is 0.475. The largest absolute Gasteiger partial charge is 0.461 e. The Kier molecular flexibility index (Phi) is 1.76. The Morgan fingerprint density at radius 2 is 2.50 bits per heavy atom. The zero-order valence-corrected chi connectivity index (χ0v) is 5.85. The van der Waals surface area contributed by atoms with E-state index in [0.717, 1.165) is 12.0 Å². The van der Waals surface area contributed by atoms with Crippen molar-refractivity contribution in [3.63, 3.8) is 0 Å². The summed E-state index contributed by atoms with van der Waals surface area (Å²) in [6, 6.07) is 1.83. The van der Waals surface area contributed by atoms with Crippen molar-refractivity contribution in [2.75, 3.05) is 0 Å². The first-order chi connectivity index (χ1) is 4.75. The third-order valence-electron chi connectivity index (χ3n) is 1.37. The van der Waals surface area contributed by atoms with Crippen LogP contribution in [0, 0.1) is 5.41 Å². The molecule has 0 aliphatic heterocycles. The van der Waals surface area contributed by atoms with Crippen molar-refractivity contribution in [3.8, 4) is 0 Å². The smallest absolute Gasteiger partial charge is 0.171 e. The Labute approximate surface area is 59.3 Å². The Morgan fingerprint density at radius 1 is 1.80 bits per heavy atom. The molecule has 54 valence electrons. The van der Waals surface area contributed by atoms with E-state index in [9.17, 15) is 0 Å². The van der Waals surface area contributed by atoms with Gasteiger partial charge in [0.2, 0.25) is 0 Å². The maximum Gasteiger partial charge on any atom is 0.171 e. The Bertz CT molecular complexity index is 240. The van der Waals surface area contributed by atoms with Gasteiger partial charge < -0.3 is 10.2 Å². The lowest BCUT2D eigenvalue weighted by Gasteiger charge is -1.94. The molecule has 1 rings (SSSR count). The maximum absolute atomic E-state index is 7.08. The predicted octanol–water partition coefficient (Wildman–Crippen LogP) is 1.13. The van der Waals surface area contributed by atoms with Gasteiger partial charge in [0.25, 0.3) is 0 Å². The van der Waals surface area contributed by atoms with Gasteiger partial charge in [-0.25, -0.2) is 0 Å². The fourth-order valence-corrected chi connectivity index (χ4v) is 0.850. The molecule has 3 N–H and O–H groups in total. The van der Waals surface area contributed by atoms with Gasteiger partial charge in [0, 0.05) is 5.56 Å². The summed E-state index contributed by atoms with van der Waals surface area (Å²) in [7, 11) is 0. The van der Waals surface area contributed by atoms with Gasteiger partial charge >= 0.3 is 0 Å². The van der Waals surface area contributed by atoms with Gasteiger partial charge in [-0.1, -0.05) is 6.92 Å². The monoisotopic (exact) mass is 138 g/mol. The van der Waals surface area contributed by atoms with E-state index in [1.807, 2.05) is 13.0 Å². The van der Waals surface area contributed by atoms with Crippen LogP contribution in [0.2, 0.25) is 0 Å². The predicted molar refractivity (Wildman–Crippen MR) is 39.1 cm³/mol. The molecule has 0 fully saturated rings. The number of hydrogen-bond donors (Lipinski definition) is 2. The SMILES string of the molecule is CCc1ccoc1C(=N)N. The number of amidine groups is 1. The topological polar surface area (TPSA) is 63.0 Å². The standard InChI is InChI=1S/C7H10N2O/c1-2-5-3-4-10-6(5)7(8)9/h3-4H,2H2,1H3,(H3,8,9). The van der Waals surface area contributed by atoms with Crippen molar-refractivity contribution in [2.45, 2.75) is 13.3 Å². The average molecular weight is 138 g/mol. The van der Waals surface area contributed by atoms with Crippen molar-refractivity contribution in [1.29, 1.82) is 5.41 Å². The molecule has 0 aromatic carbocycles. The molecule has 0 aliphatic carbocycles. The van der Waals surface area contributed by atoms with Gasteiger partial charge in [-0.2, -0.15) is 0 Å². The molecule has 0 saturated carbocycles. The number of hydrogen-bond acceptors (Lipinski definition) is 2. The number of nitrogen functional groups attached to an aromatic ring is 1. The van der Waals surface area contributed by atoms with Crippen LogP contribution >= 0.6 is 0 Å². The molecule has 3 heteroatoms. The minimum absolute atomic E-state index is 0.00171. The van der Waals surface area contributed by atoms with Crippen LogP contribution in [0.1, 0.15) is 18.2 Å². The second-order valence-corrected chi connectivity index (χ2v) is 2.04. The minimum Gasteiger partial charge on any atom is -0.461 e. The van der Waals surface area contributed by atoms with E-state index < -0.39 is 0 Å². The molecule has 1 aromatic heterocycles. The van der Waals surface area contributed by atoms with Crippen molar-refractivity contribution in [1.82, 2.24) is 0 Å². The minimum atomic E-state index is 0.00171. The molecule has 0 atom stereocenters. The lowest BCUT2D eigenvalue weighted by molar-refractivity contribution is 0.553. The highest BCUT2D eigenvalue weighted by Crippen LogP contribution is 2.09. The molecule has 0 bridgehead atoms. The highest BCUT2D eigenvalue weighted by molar-refractivity contribution is 5.93. The molecular weight excluding hydrogens is 128 g/mol. The number of nitrogens with two attached hydrogens (primary N) is 1. The van der Waals surface area contributed by atoms with Gasteiger partial charge in [0.1, 0.15) is 0 Å². The van der Waals surface area contributed by atoms with Crippen molar-refractivity contribution in [3.05, 3.63) is 23.7 Å². The van der Waals surface area contributed by atoms with E-state index in [0.29, 0.717) is 5.76 Å². The van der Waals surface area contributed by atoms with Crippen LogP contribution in [-0.2, 0) is 6.42 Å². The number of aryl methyl sites for hydroxylation is 1. The normalized spacial score (nSPS) is 9.70. The number of nitrogens with one attached hydrogen (secondary N) is 1. The van der Waals surface area contributed by atoms with Crippen LogP contribution < -0.4 is 5.73 Å². The molecule has 1 heterocycles. The third kappa shape index (κ3) is 1.03. The lowest BCUT2D eigenvalue weighted by Crippen LogP contribution is -2.11. The number of rotatable bonds is 2. The van der Waals surface area contributed by atoms with E-state index in [2.05, 4.69) is 0 Å². The summed E-state index contributed by atoms with van der Waals surface area (Å²) in [5.74, 6) is 0.504. The van der Waals surface area contributed by atoms with Gasteiger partial charge in [-0.3, -0.25) is 5.41 Å². The molecule has 0 saturated heterocycles. The van der Waals surface area contributed by atoms with Gasteiger partial charge in [-0.05, 0) is 12.5 Å². The van der Waals surface area contributed by atoms with Crippen LogP contribution in [0.5, 0.6) is 0 Å². The summed E-state index contributed by atoms with van der Waals surface area (Å²) in [6.45, 7) is 2.00. The van der Waals surface area contributed by atoms with E-state index in [1.54, 1.807) is 6.26 Å². The van der Waals surface area contributed by atoms with Crippen LogP contribution in [0.3, 0.4) is 0 Å². The maximum atomic E-state index is 7.08. The Hall–Kier alpha value is -1.25. The highest BCUT2D eigenvalue weighted by atomic mass is 16.3. The van der Waals surface area contributed by atoms with E-state index >= 15 is 0 Å². The first-order valence-corrected chi connectivity index (χ1v) is 3.16. The fourth-order valence-electron chi connectivity index (χ4n) is 0.850. The molecule has 0 spiro atoms. The van der Waals surface area contributed by atoms with Crippen LogP contribution in [-0.4, -0.2) is 5.84 Å². The lowest BCUT2D eigenvalue weighted by atomic mass is 10.2. The molecule has 0 unspecified atom stereocenters. The van der Waals surface area contributed by atoms with E-state index in [1.165, 1.54) is 0 Å². The van der Waals surface area contributed by atoms with Crippen LogP contribution in [0.15, 0.2) is 16.7 Å². The summed E-state index contributed by atoms with van der Waals surface area (Å²) in [6.07, 6.45) is 2.40. The Balaban J connectivity index is 3.01. The van der Waals surface area contributed by atoms with Gasteiger partial charge in [-0.15, -0.1) is 0 Å². The van der Waals surface area contributed by atoms with Gasteiger partial charge in [0.05, 0.1) is 6.26 Å². The van der Waals surface area contributed by atoms with Crippen molar-refractivity contribution in [2.24, 2.45) is 5.73 Å². The van der Waals surface area contributed by atoms with Crippen LogP contribution in [0.4, 0.5) is 0 Å². The van der Waals surface area contributed by atoms with E-state index in [-0.39, 0.29) is 5.84 Å². The highest BCUT2D eigenvalue weighted by Gasteiger charge is 2.05. The first kappa shape index (κ1) is 6.86. The Morgan fingerprint density at radius 3 is 2.90 bits per heavy atom. The van der Waals surface area contributed by atoms with Gasteiger partial charge in [0.15, 0.2) is 11.6 Å².